The van der Waals surface area contributed by atoms with Gasteiger partial charge in [-0.3, -0.25) is 9.59 Å². The summed E-state index contributed by atoms with van der Waals surface area (Å²) in [5, 5.41) is 17.9. The molecule has 4 heterocycles. The lowest BCUT2D eigenvalue weighted by Gasteiger charge is -2.35. The molecule has 1 aromatic heterocycles. The van der Waals surface area contributed by atoms with Crippen molar-refractivity contribution in [3.63, 3.8) is 0 Å². The lowest BCUT2D eigenvalue weighted by atomic mass is 9.85. The Morgan fingerprint density at radius 2 is 1.68 bits per heavy atom. The zero-order valence-corrected chi connectivity index (χ0v) is 28.2. The first-order valence-corrected chi connectivity index (χ1v) is 16.7. The molecule has 3 aliphatic heterocycles. The van der Waals surface area contributed by atoms with E-state index in [1.807, 2.05) is 0 Å². The van der Waals surface area contributed by atoms with E-state index in [2.05, 4.69) is 10.2 Å². The fourth-order valence-corrected chi connectivity index (χ4v) is 7.69. The van der Waals surface area contributed by atoms with Crippen LogP contribution in [0.3, 0.4) is 0 Å². The van der Waals surface area contributed by atoms with Crippen molar-refractivity contribution in [2.75, 3.05) is 69.9 Å². The van der Waals surface area contributed by atoms with E-state index >= 15 is 4.39 Å². The van der Waals surface area contributed by atoms with E-state index in [0.717, 1.165) is 12.1 Å². The summed E-state index contributed by atoms with van der Waals surface area (Å²) >= 11 is 0. The summed E-state index contributed by atoms with van der Waals surface area (Å²) in [6.07, 6.45) is -4.01. The molecule has 268 valence electrons. The molecule has 0 unspecified atom stereocenters. The summed E-state index contributed by atoms with van der Waals surface area (Å²) in [6, 6.07) is 14.1. The largest absolute Gasteiger partial charge is 0.497 e. The number of anilines is 2. The first-order chi connectivity index (χ1) is 23.8. The molecule has 10 nitrogen and oxygen atoms in total. The molecular weight excluding hydrogens is 658 g/mol. The lowest BCUT2D eigenvalue weighted by Crippen LogP contribution is -2.50. The Morgan fingerprint density at radius 3 is 2.28 bits per heavy atom. The molecule has 0 spiro atoms. The number of nitrogens with zero attached hydrogens (tertiary/aromatic N) is 5. The third-order valence-corrected chi connectivity index (χ3v) is 10.4. The van der Waals surface area contributed by atoms with Crippen molar-refractivity contribution < 1.29 is 41.7 Å². The molecular formula is C36H41F4N5O5. The van der Waals surface area contributed by atoms with Crippen molar-refractivity contribution in [3.8, 4) is 5.75 Å². The molecule has 3 saturated heterocycles. The third kappa shape index (κ3) is 6.94. The number of carbonyl (C=O) groups is 2. The molecule has 14 heteroatoms. The predicted octanol–water partition coefficient (Wildman–Crippen LogP) is 5.31. The van der Waals surface area contributed by atoms with E-state index in [1.54, 1.807) is 53.1 Å². The van der Waals surface area contributed by atoms with Crippen LogP contribution in [-0.4, -0.2) is 97.8 Å². The molecule has 0 bridgehead atoms. The summed E-state index contributed by atoms with van der Waals surface area (Å²) in [5.74, 6) is -2.82. The van der Waals surface area contributed by atoms with Gasteiger partial charge in [-0.25, -0.2) is 4.39 Å². The van der Waals surface area contributed by atoms with Gasteiger partial charge in [0.15, 0.2) is 5.82 Å². The van der Waals surface area contributed by atoms with Gasteiger partial charge < -0.3 is 29.3 Å². The molecule has 2 aromatic carbocycles. The summed E-state index contributed by atoms with van der Waals surface area (Å²) < 4.78 is 70.4. The minimum Gasteiger partial charge on any atom is -0.497 e. The first kappa shape index (κ1) is 35.4. The Morgan fingerprint density at radius 1 is 0.960 bits per heavy atom. The maximum Gasteiger partial charge on any atom is 0.416 e. The molecule has 4 atom stereocenters. The Kier molecular flexibility index (Phi) is 9.93. The highest BCUT2D eigenvalue weighted by atomic mass is 19.4. The van der Waals surface area contributed by atoms with Crippen LogP contribution >= 0.6 is 0 Å². The van der Waals surface area contributed by atoms with Crippen molar-refractivity contribution in [1.82, 2.24) is 15.1 Å². The number of piperidine rings is 1. The standard InChI is InChI=1S/C36H41F4N5O5/c1-22-4-11-32(42-41-22)45-19-30(23-5-8-27(50-3)9-6-23)35(37,21-45)34(48)44-17-25(20-49-2)29(18-44)28-10-7-26(36(38,39)40)16-31(28)43-14-12-24(13-15-43)33(46)47/h4-11,16,24-25,29-30H,12-15,17-21H2,1-3H3,(H,46,47)/t25-,29+,30+,35+/m1/s1. The van der Waals surface area contributed by atoms with E-state index < -0.39 is 47.0 Å². The number of likely N-dealkylation sites (tertiary alicyclic amines) is 1. The fourth-order valence-electron chi connectivity index (χ4n) is 7.69. The highest BCUT2D eigenvalue weighted by Crippen LogP contribution is 2.46. The Hall–Kier alpha value is -4.46. The number of amides is 1. The van der Waals surface area contributed by atoms with Crippen molar-refractivity contribution in [3.05, 3.63) is 77.0 Å². The summed E-state index contributed by atoms with van der Waals surface area (Å²) in [5.41, 5.74) is -0.936. The average Bonchev–Trinajstić information content (AvgIpc) is 3.69. The number of aliphatic carboxylic acids is 1. The second-order valence-electron chi connectivity index (χ2n) is 13.5. The van der Waals surface area contributed by atoms with Crippen LogP contribution in [0.15, 0.2) is 54.6 Å². The number of carboxylic acid groups (broad SMARTS) is 1. The number of hydrogen-bond acceptors (Lipinski definition) is 8. The number of methoxy groups -OCH3 is 2. The average molecular weight is 700 g/mol. The van der Waals surface area contributed by atoms with Crippen molar-refractivity contribution >= 4 is 23.4 Å². The van der Waals surface area contributed by atoms with Crippen molar-refractivity contribution in [2.24, 2.45) is 11.8 Å². The SMILES string of the molecule is COC[C@H]1CN(C(=O)[C@]2(F)CN(c3ccc(C)nn3)C[C@H]2c2ccc(OC)cc2)C[C@@H]1c1ccc(C(F)(F)F)cc1N1CCC(C(=O)O)CC1. The first-order valence-electron chi connectivity index (χ1n) is 16.7. The van der Waals surface area contributed by atoms with E-state index in [9.17, 15) is 27.9 Å². The molecule has 3 aromatic rings. The molecule has 1 N–H and O–H groups in total. The number of aromatic nitrogens is 2. The van der Waals surface area contributed by atoms with Gasteiger partial charge in [0.25, 0.3) is 5.91 Å². The predicted molar refractivity (Wildman–Crippen MR) is 177 cm³/mol. The number of carboxylic acids is 1. The summed E-state index contributed by atoms with van der Waals surface area (Å²) in [4.78, 5) is 31.1. The number of halogens is 4. The highest BCUT2D eigenvalue weighted by molar-refractivity contribution is 5.89. The zero-order valence-electron chi connectivity index (χ0n) is 28.2. The Balaban J connectivity index is 1.33. The van der Waals surface area contributed by atoms with Crippen molar-refractivity contribution in [2.45, 2.75) is 43.4 Å². The quantitative estimate of drug-likeness (QED) is 0.297. The summed E-state index contributed by atoms with van der Waals surface area (Å²) in [6.45, 7) is 2.65. The van der Waals surface area contributed by atoms with Crippen LogP contribution in [0.2, 0.25) is 0 Å². The van der Waals surface area contributed by atoms with Gasteiger partial charge in [0.05, 0.1) is 37.4 Å². The molecule has 50 heavy (non-hydrogen) atoms. The second kappa shape index (κ2) is 14.0. The van der Waals surface area contributed by atoms with Gasteiger partial charge in [0, 0.05) is 63.3 Å². The van der Waals surface area contributed by atoms with Crippen LogP contribution < -0.4 is 14.5 Å². The van der Waals surface area contributed by atoms with Crippen LogP contribution in [0.5, 0.6) is 5.75 Å². The smallest absolute Gasteiger partial charge is 0.416 e. The van der Waals surface area contributed by atoms with E-state index in [0.29, 0.717) is 46.9 Å². The minimum absolute atomic E-state index is 0.0716. The number of aryl methyl sites for hydroxylation is 1. The lowest BCUT2D eigenvalue weighted by molar-refractivity contribution is -0.143. The van der Waals surface area contributed by atoms with Gasteiger partial charge in [0.2, 0.25) is 5.67 Å². The van der Waals surface area contributed by atoms with Gasteiger partial charge in [-0.1, -0.05) is 18.2 Å². The van der Waals surface area contributed by atoms with E-state index in [1.165, 1.54) is 25.2 Å². The molecule has 3 fully saturated rings. The maximum absolute atomic E-state index is 17.7. The molecule has 6 rings (SSSR count). The number of ether oxygens (including phenoxy) is 2. The van der Waals surface area contributed by atoms with Crippen LogP contribution in [-0.2, 0) is 20.5 Å². The Bertz CT molecular complexity index is 1680. The molecule has 3 aliphatic rings. The van der Waals surface area contributed by atoms with Crippen LogP contribution in [0, 0.1) is 18.8 Å². The van der Waals surface area contributed by atoms with Gasteiger partial charge in [-0.15, -0.1) is 5.10 Å². The number of carbonyl (C=O) groups excluding carboxylic acids is 1. The van der Waals surface area contributed by atoms with Gasteiger partial charge >= 0.3 is 12.1 Å². The number of alkyl halides is 4. The van der Waals surface area contributed by atoms with Crippen molar-refractivity contribution in [1.29, 1.82) is 0 Å². The summed E-state index contributed by atoms with van der Waals surface area (Å²) in [7, 11) is 3.05. The normalized spacial score (nSPS) is 24.5. The monoisotopic (exact) mass is 699 g/mol. The zero-order chi connectivity index (χ0) is 35.8. The second-order valence-corrected chi connectivity index (χ2v) is 13.5. The number of benzene rings is 2. The van der Waals surface area contributed by atoms with Gasteiger partial charge in [-0.05, 0) is 67.3 Å². The van der Waals surface area contributed by atoms with Gasteiger partial charge in [0.1, 0.15) is 5.75 Å². The molecule has 0 saturated carbocycles. The minimum atomic E-state index is -4.59. The van der Waals surface area contributed by atoms with Crippen LogP contribution in [0.1, 0.15) is 47.1 Å². The van der Waals surface area contributed by atoms with Crippen LogP contribution in [0.25, 0.3) is 0 Å². The van der Waals surface area contributed by atoms with E-state index in [-0.39, 0.29) is 51.8 Å². The maximum atomic E-state index is 17.7. The highest BCUT2D eigenvalue weighted by Gasteiger charge is 2.57. The number of hydrogen-bond donors (Lipinski definition) is 1. The number of rotatable bonds is 9. The Labute approximate surface area is 288 Å². The topological polar surface area (TPSA) is 108 Å². The fraction of sp³-hybridized carbons (Fsp3) is 0.500. The molecule has 0 radical (unpaired) electrons. The third-order valence-electron chi connectivity index (χ3n) is 10.4. The molecule has 1 amide bonds. The van der Waals surface area contributed by atoms with E-state index in [4.69, 9.17) is 9.47 Å². The van der Waals surface area contributed by atoms with Crippen LogP contribution in [0.4, 0.5) is 29.1 Å². The van der Waals surface area contributed by atoms with Gasteiger partial charge in [-0.2, -0.15) is 18.3 Å². The molecule has 0 aliphatic carbocycles.